The lowest BCUT2D eigenvalue weighted by Crippen LogP contribution is -2.27. The van der Waals surface area contributed by atoms with Gasteiger partial charge >= 0.3 is 0 Å². The summed E-state index contributed by atoms with van der Waals surface area (Å²) < 4.78 is 8.18. The first-order valence-corrected chi connectivity index (χ1v) is 11.4. The van der Waals surface area contributed by atoms with Gasteiger partial charge in [0.15, 0.2) is 0 Å². The van der Waals surface area contributed by atoms with Crippen molar-refractivity contribution in [2.24, 2.45) is 0 Å². The zero-order valence-corrected chi connectivity index (χ0v) is 19.2. The van der Waals surface area contributed by atoms with E-state index < -0.39 is 0 Å². The Labute approximate surface area is 191 Å². The molecule has 2 aromatic carbocycles. The standard InChI is InChI=1S/C24H23N3O2S2/c1-4-26-23(28)21(31-24(26)30)14-18-15-27(19-8-6-5-7-9-19)25-22(18)17-10-12-20(13-11-17)29-16(2)3/h5-16H,4H2,1-3H3/b21-14-. The first-order valence-electron chi connectivity index (χ1n) is 10.1. The number of carbonyl (C=O) groups excluding carboxylic acids is 1. The van der Waals surface area contributed by atoms with Gasteiger partial charge in [-0.2, -0.15) is 5.10 Å². The number of benzene rings is 2. The maximum absolute atomic E-state index is 12.7. The number of aromatic nitrogens is 2. The molecule has 2 heterocycles. The highest BCUT2D eigenvalue weighted by atomic mass is 32.2. The van der Waals surface area contributed by atoms with Crippen LogP contribution in [-0.4, -0.2) is 37.6 Å². The molecule has 1 aromatic heterocycles. The summed E-state index contributed by atoms with van der Waals surface area (Å²) in [5.41, 5.74) is 3.55. The van der Waals surface area contributed by atoms with Gasteiger partial charge in [0.05, 0.1) is 22.4 Å². The van der Waals surface area contributed by atoms with Crippen molar-refractivity contribution in [2.75, 3.05) is 6.54 Å². The Kier molecular flexibility index (Phi) is 6.25. The Morgan fingerprint density at radius 3 is 2.45 bits per heavy atom. The average Bonchev–Trinajstić information content (AvgIpc) is 3.29. The number of nitrogens with zero attached hydrogens (tertiary/aromatic N) is 3. The van der Waals surface area contributed by atoms with Crippen LogP contribution in [0.3, 0.4) is 0 Å². The SMILES string of the molecule is CCN1C(=O)/C(=C/c2cn(-c3ccccc3)nc2-c2ccc(OC(C)C)cc2)SC1=S. The molecule has 0 N–H and O–H groups in total. The number of carbonyl (C=O) groups is 1. The number of amides is 1. The molecule has 1 aliphatic rings. The second kappa shape index (κ2) is 9.08. The maximum atomic E-state index is 12.7. The molecule has 31 heavy (non-hydrogen) atoms. The molecule has 158 valence electrons. The Bertz CT molecular complexity index is 1140. The molecule has 0 bridgehead atoms. The lowest BCUT2D eigenvalue weighted by Gasteiger charge is -2.10. The van der Waals surface area contributed by atoms with E-state index in [0.717, 1.165) is 28.3 Å². The predicted molar refractivity (Wildman–Crippen MR) is 130 cm³/mol. The minimum Gasteiger partial charge on any atom is -0.491 e. The highest BCUT2D eigenvalue weighted by Crippen LogP contribution is 2.35. The fourth-order valence-corrected chi connectivity index (χ4v) is 4.68. The van der Waals surface area contributed by atoms with Gasteiger partial charge in [-0.15, -0.1) is 0 Å². The summed E-state index contributed by atoms with van der Waals surface area (Å²) in [5.74, 6) is 0.753. The van der Waals surface area contributed by atoms with Crippen molar-refractivity contribution in [1.29, 1.82) is 0 Å². The Balaban J connectivity index is 1.77. The summed E-state index contributed by atoms with van der Waals surface area (Å²) in [6, 6.07) is 17.8. The summed E-state index contributed by atoms with van der Waals surface area (Å²) in [7, 11) is 0. The van der Waals surface area contributed by atoms with Gasteiger partial charge in [0.1, 0.15) is 10.1 Å². The third kappa shape index (κ3) is 4.57. The van der Waals surface area contributed by atoms with Crippen LogP contribution >= 0.6 is 24.0 Å². The highest BCUT2D eigenvalue weighted by molar-refractivity contribution is 8.26. The number of thioether (sulfide) groups is 1. The predicted octanol–water partition coefficient (Wildman–Crippen LogP) is 5.55. The van der Waals surface area contributed by atoms with Crippen LogP contribution in [0.2, 0.25) is 0 Å². The van der Waals surface area contributed by atoms with Gasteiger partial charge < -0.3 is 4.74 Å². The fraction of sp³-hybridized carbons (Fsp3) is 0.208. The first-order chi connectivity index (χ1) is 15.0. The molecule has 1 saturated heterocycles. The molecule has 5 nitrogen and oxygen atoms in total. The van der Waals surface area contributed by atoms with Crippen LogP contribution in [0.5, 0.6) is 5.75 Å². The van der Waals surface area contributed by atoms with Crippen molar-refractivity contribution >= 4 is 40.3 Å². The van der Waals surface area contributed by atoms with E-state index in [4.69, 9.17) is 22.1 Å². The summed E-state index contributed by atoms with van der Waals surface area (Å²) in [5, 5.41) is 4.83. The quantitative estimate of drug-likeness (QED) is 0.365. The van der Waals surface area contributed by atoms with E-state index in [1.807, 2.05) is 92.3 Å². The van der Waals surface area contributed by atoms with E-state index in [2.05, 4.69) is 0 Å². The van der Waals surface area contributed by atoms with Crippen LogP contribution in [0, 0.1) is 0 Å². The van der Waals surface area contributed by atoms with Crippen LogP contribution in [0.15, 0.2) is 65.7 Å². The third-order valence-electron chi connectivity index (χ3n) is 4.74. The maximum Gasteiger partial charge on any atom is 0.266 e. The lowest BCUT2D eigenvalue weighted by molar-refractivity contribution is -0.121. The van der Waals surface area contributed by atoms with Crippen LogP contribution in [0.4, 0.5) is 0 Å². The monoisotopic (exact) mass is 449 g/mol. The fourth-order valence-electron chi connectivity index (χ4n) is 3.31. The zero-order valence-electron chi connectivity index (χ0n) is 17.6. The summed E-state index contributed by atoms with van der Waals surface area (Å²) in [6.45, 7) is 6.49. The van der Waals surface area contributed by atoms with E-state index in [1.54, 1.807) is 4.90 Å². The molecule has 1 aliphatic heterocycles. The van der Waals surface area contributed by atoms with Crippen molar-refractivity contribution in [1.82, 2.24) is 14.7 Å². The molecular weight excluding hydrogens is 426 g/mol. The summed E-state index contributed by atoms with van der Waals surface area (Å²) >= 11 is 6.69. The van der Waals surface area contributed by atoms with Gasteiger partial charge in [-0.3, -0.25) is 9.69 Å². The number of para-hydroxylation sites is 1. The summed E-state index contributed by atoms with van der Waals surface area (Å²) in [4.78, 5) is 15.0. The summed E-state index contributed by atoms with van der Waals surface area (Å²) in [6.07, 6.45) is 3.94. The number of hydrogen-bond acceptors (Lipinski definition) is 5. The second-order valence-corrected chi connectivity index (χ2v) is 9.01. The van der Waals surface area contributed by atoms with Crippen molar-refractivity contribution in [3.63, 3.8) is 0 Å². The minimum atomic E-state index is -0.0587. The van der Waals surface area contributed by atoms with Gasteiger partial charge in [0, 0.05) is 23.9 Å². The van der Waals surface area contributed by atoms with Gasteiger partial charge in [0.2, 0.25) is 0 Å². The largest absolute Gasteiger partial charge is 0.491 e. The van der Waals surface area contributed by atoms with E-state index in [-0.39, 0.29) is 12.0 Å². The van der Waals surface area contributed by atoms with Crippen LogP contribution in [0.1, 0.15) is 26.3 Å². The number of rotatable bonds is 6. The minimum absolute atomic E-state index is 0.0587. The number of ether oxygens (including phenoxy) is 1. The molecule has 0 aliphatic carbocycles. The molecule has 3 aromatic rings. The van der Waals surface area contributed by atoms with Crippen LogP contribution < -0.4 is 4.74 Å². The van der Waals surface area contributed by atoms with Gasteiger partial charge in [-0.05, 0) is 63.2 Å². The molecule has 4 rings (SSSR count). The highest BCUT2D eigenvalue weighted by Gasteiger charge is 2.31. The third-order valence-corrected chi connectivity index (χ3v) is 6.12. The van der Waals surface area contributed by atoms with E-state index >= 15 is 0 Å². The smallest absolute Gasteiger partial charge is 0.266 e. The first kappa shape index (κ1) is 21.3. The van der Waals surface area contributed by atoms with Crippen molar-refractivity contribution in [2.45, 2.75) is 26.9 Å². The van der Waals surface area contributed by atoms with Crippen molar-refractivity contribution in [3.8, 4) is 22.7 Å². The van der Waals surface area contributed by atoms with Gasteiger partial charge in [0.25, 0.3) is 5.91 Å². The van der Waals surface area contributed by atoms with Crippen LogP contribution in [0.25, 0.3) is 23.0 Å². The number of hydrogen-bond donors (Lipinski definition) is 0. The lowest BCUT2D eigenvalue weighted by atomic mass is 10.1. The molecule has 0 unspecified atom stereocenters. The molecule has 0 radical (unpaired) electrons. The average molecular weight is 450 g/mol. The van der Waals surface area contributed by atoms with Gasteiger partial charge in [-0.1, -0.05) is 42.2 Å². The normalized spacial score (nSPS) is 15.4. The topological polar surface area (TPSA) is 47.4 Å². The molecule has 7 heteroatoms. The molecule has 0 saturated carbocycles. The van der Waals surface area contributed by atoms with Crippen molar-refractivity contribution < 1.29 is 9.53 Å². The van der Waals surface area contributed by atoms with E-state index in [1.165, 1.54) is 11.8 Å². The number of likely N-dealkylation sites (N-methyl/N-ethyl adjacent to an activating group) is 1. The Morgan fingerprint density at radius 1 is 1.13 bits per heavy atom. The van der Waals surface area contributed by atoms with Crippen molar-refractivity contribution in [3.05, 3.63) is 71.3 Å². The molecule has 0 atom stereocenters. The Hall–Kier alpha value is -2.90. The molecule has 1 amide bonds. The number of thiocarbonyl (C=S) groups is 1. The van der Waals surface area contributed by atoms with E-state index in [0.29, 0.717) is 15.8 Å². The second-order valence-electron chi connectivity index (χ2n) is 7.33. The molecular formula is C24H23N3O2S2. The Morgan fingerprint density at radius 2 is 1.84 bits per heavy atom. The zero-order chi connectivity index (χ0) is 22.0. The molecule has 0 spiro atoms. The molecule has 1 fully saturated rings. The van der Waals surface area contributed by atoms with E-state index in [9.17, 15) is 4.79 Å². The van der Waals surface area contributed by atoms with Gasteiger partial charge in [-0.25, -0.2) is 4.68 Å². The van der Waals surface area contributed by atoms with Crippen LogP contribution in [-0.2, 0) is 4.79 Å².